The molecule has 1 aliphatic heterocycles. The van der Waals surface area contributed by atoms with E-state index in [1.54, 1.807) is 11.8 Å². The first-order valence-corrected chi connectivity index (χ1v) is 10.1. The Hall–Kier alpha value is -1.57. The molecule has 2 aromatic rings. The minimum Gasteiger partial charge on any atom is -0.361 e. The fraction of sp³-hybridized carbons (Fsp3) is 0.444. The Balaban J connectivity index is 1.56. The highest BCUT2D eigenvalue weighted by molar-refractivity contribution is 7.98. The van der Waals surface area contributed by atoms with Crippen LogP contribution in [-0.4, -0.2) is 52.5 Å². The molecule has 1 N–H and O–H groups in total. The molecular formula is C18H24N4OS2. The largest absolute Gasteiger partial charge is 0.361 e. The highest BCUT2D eigenvalue weighted by Crippen LogP contribution is 2.25. The standard InChI is InChI=1S/C18H24N4OS2/c1-14-12-15(20-23-14)13-21-8-5-9-22(11-10-21)18(24)19-16-6-3-4-7-17(16)25-2/h3-4,6-7,12H,5,8-11,13H2,1-2H3,(H,19,24). The van der Waals surface area contributed by atoms with E-state index < -0.39 is 0 Å². The van der Waals surface area contributed by atoms with Crippen molar-refractivity contribution in [2.45, 2.75) is 24.8 Å². The fourth-order valence-electron chi connectivity index (χ4n) is 3.00. The lowest BCUT2D eigenvalue weighted by atomic mass is 10.3. The highest BCUT2D eigenvalue weighted by atomic mass is 32.2. The van der Waals surface area contributed by atoms with E-state index in [2.05, 4.69) is 44.7 Å². The van der Waals surface area contributed by atoms with Crippen molar-refractivity contribution in [2.24, 2.45) is 0 Å². The highest BCUT2D eigenvalue weighted by Gasteiger charge is 2.18. The number of nitrogens with one attached hydrogen (secondary N) is 1. The van der Waals surface area contributed by atoms with Crippen LogP contribution in [0.25, 0.3) is 0 Å². The lowest BCUT2D eigenvalue weighted by molar-refractivity contribution is 0.267. The second-order valence-electron chi connectivity index (χ2n) is 6.18. The molecule has 0 spiro atoms. The Morgan fingerprint density at radius 1 is 1.28 bits per heavy atom. The lowest BCUT2D eigenvalue weighted by Gasteiger charge is -2.25. The molecule has 0 saturated carbocycles. The average molecular weight is 377 g/mol. The summed E-state index contributed by atoms with van der Waals surface area (Å²) in [5.74, 6) is 0.865. The van der Waals surface area contributed by atoms with Gasteiger partial charge in [-0.2, -0.15) is 0 Å². The molecule has 0 amide bonds. The number of anilines is 1. The number of hydrogen-bond donors (Lipinski definition) is 1. The van der Waals surface area contributed by atoms with Gasteiger partial charge in [0, 0.05) is 43.7 Å². The van der Waals surface area contributed by atoms with Crippen molar-refractivity contribution in [3.05, 3.63) is 41.8 Å². The maximum absolute atomic E-state index is 5.66. The van der Waals surface area contributed by atoms with Gasteiger partial charge in [0.15, 0.2) is 5.11 Å². The monoisotopic (exact) mass is 376 g/mol. The summed E-state index contributed by atoms with van der Waals surface area (Å²) < 4.78 is 5.16. The maximum Gasteiger partial charge on any atom is 0.173 e. The van der Waals surface area contributed by atoms with Crippen LogP contribution >= 0.6 is 24.0 Å². The Morgan fingerprint density at radius 2 is 2.12 bits per heavy atom. The molecule has 1 fully saturated rings. The number of aryl methyl sites for hydroxylation is 1. The number of thioether (sulfide) groups is 1. The summed E-state index contributed by atoms with van der Waals surface area (Å²) in [6, 6.07) is 10.3. The zero-order valence-corrected chi connectivity index (χ0v) is 16.3. The number of hydrogen-bond acceptors (Lipinski definition) is 5. The third-order valence-corrected chi connectivity index (χ3v) is 5.44. The molecule has 0 aliphatic carbocycles. The molecule has 0 radical (unpaired) electrons. The van der Waals surface area contributed by atoms with Crippen LogP contribution in [0, 0.1) is 6.92 Å². The van der Waals surface area contributed by atoms with E-state index in [0.29, 0.717) is 0 Å². The van der Waals surface area contributed by atoms with Crippen molar-refractivity contribution in [1.29, 1.82) is 0 Å². The van der Waals surface area contributed by atoms with Crippen molar-refractivity contribution < 1.29 is 4.52 Å². The predicted octanol–water partition coefficient (Wildman–Crippen LogP) is 3.61. The van der Waals surface area contributed by atoms with Gasteiger partial charge < -0.3 is 14.7 Å². The Morgan fingerprint density at radius 3 is 2.88 bits per heavy atom. The molecule has 2 heterocycles. The van der Waals surface area contributed by atoms with Crippen molar-refractivity contribution >= 4 is 34.8 Å². The van der Waals surface area contributed by atoms with Crippen molar-refractivity contribution in [1.82, 2.24) is 15.0 Å². The van der Waals surface area contributed by atoms with Crippen molar-refractivity contribution in [3.8, 4) is 0 Å². The van der Waals surface area contributed by atoms with Gasteiger partial charge in [-0.15, -0.1) is 11.8 Å². The van der Waals surface area contributed by atoms with Gasteiger partial charge in [0.2, 0.25) is 0 Å². The molecule has 134 valence electrons. The number of aromatic nitrogens is 1. The van der Waals surface area contributed by atoms with Crippen LogP contribution in [0.1, 0.15) is 17.9 Å². The molecule has 0 bridgehead atoms. The third kappa shape index (κ3) is 4.96. The number of nitrogens with zero attached hydrogens (tertiary/aromatic N) is 3. The molecule has 5 nitrogen and oxygen atoms in total. The molecule has 0 unspecified atom stereocenters. The zero-order valence-electron chi connectivity index (χ0n) is 14.7. The fourth-order valence-corrected chi connectivity index (χ4v) is 3.84. The normalized spacial score (nSPS) is 15.8. The van der Waals surface area contributed by atoms with Crippen molar-refractivity contribution in [2.75, 3.05) is 37.8 Å². The topological polar surface area (TPSA) is 44.5 Å². The van der Waals surface area contributed by atoms with Crippen molar-refractivity contribution in [3.63, 3.8) is 0 Å². The third-order valence-electron chi connectivity index (χ3n) is 4.29. The second-order valence-corrected chi connectivity index (χ2v) is 7.41. The van der Waals surface area contributed by atoms with Crippen LogP contribution in [-0.2, 0) is 6.54 Å². The molecule has 1 saturated heterocycles. The van der Waals surface area contributed by atoms with Gasteiger partial charge in [0.25, 0.3) is 0 Å². The molecule has 7 heteroatoms. The van der Waals surface area contributed by atoms with E-state index in [1.807, 2.05) is 19.1 Å². The zero-order chi connectivity index (χ0) is 17.6. The van der Waals surface area contributed by atoms with E-state index in [4.69, 9.17) is 16.7 Å². The van der Waals surface area contributed by atoms with Gasteiger partial charge in [-0.05, 0) is 44.0 Å². The molecule has 1 aromatic heterocycles. The first kappa shape index (κ1) is 18.2. The van der Waals surface area contributed by atoms with Gasteiger partial charge in [-0.25, -0.2) is 0 Å². The van der Waals surface area contributed by atoms with Crippen LogP contribution < -0.4 is 5.32 Å². The van der Waals surface area contributed by atoms with Crippen LogP contribution in [0.15, 0.2) is 39.8 Å². The number of rotatable bonds is 4. The minimum atomic E-state index is 0.806. The first-order chi connectivity index (χ1) is 12.2. The number of benzene rings is 1. The summed E-state index contributed by atoms with van der Waals surface area (Å²) in [6.45, 7) is 6.67. The average Bonchev–Trinajstić information content (AvgIpc) is 2.88. The van der Waals surface area contributed by atoms with Crippen LogP contribution in [0.5, 0.6) is 0 Å². The number of para-hydroxylation sites is 1. The van der Waals surface area contributed by atoms with Crippen LogP contribution in [0.2, 0.25) is 0 Å². The predicted molar refractivity (Wildman–Crippen MR) is 107 cm³/mol. The smallest absolute Gasteiger partial charge is 0.173 e. The van der Waals surface area contributed by atoms with E-state index in [9.17, 15) is 0 Å². The lowest BCUT2D eigenvalue weighted by Crippen LogP contribution is -2.37. The minimum absolute atomic E-state index is 0.806. The quantitative estimate of drug-likeness (QED) is 0.646. The van der Waals surface area contributed by atoms with E-state index in [0.717, 1.165) is 61.4 Å². The van der Waals surface area contributed by atoms with Crippen LogP contribution in [0.3, 0.4) is 0 Å². The molecule has 1 aromatic carbocycles. The summed E-state index contributed by atoms with van der Waals surface area (Å²) in [5.41, 5.74) is 2.08. The SMILES string of the molecule is CSc1ccccc1NC(=S)N1CCCN(Cc2cc(C)on2)CC1. The molecule has 0 atom stereocenters. The van der Waals surface area contributed by atoms with E-state index in [1.165, 1.54) is 4.90 Å². The molecule has 1 aliphatic rings. The Labute approximate surface area is 158 Å². The summed E-state index contributed by atoms with van der Waals surface area (Å²) in [4.78, 5) is 5.89. The van der Waals surface area contributed by atoms with Gasteiger partial charge in [0.1, 0.15) is 5.76 Å². The number of thiocarbonyl (C=S) groups is 1. The first-order valence-electron chi connectivity index (χ1n) is 8.49. The second kappa shape index (κ2) is 8.69. The summed E-state index contributed by atoms with van der Waals surface area (Å²) in [5, 5.41) is 8.32. The summed E-state index contributed by atoms with van der Waals surface area (Å²) >= 11 is 7.38. The Bertz CT molecular complexity index is 719. The maximum atomic E-state index is 5.66. The molecule has 3 rings (SSSR count). The summed E-state index contributed by atoms with van der Waals surface area (Å²) in [6.07, 6.45) is 3.17. The van der Waals surface area contributed by atoms with Gasteiger partial charge >= 0.3 is 0 Å². The summed E-state index contributed by atoms with van der Waals surface area (Å²) in [7, 11) is 0. The van der Waals surface area contributed by atoms with Gasteiger partial charge in [-0.3, -0.25) is 4.90 Å². The van der Waals surface area contributed by atoms with Gasteiger partial charge in [-0.1, -0.05) is 17.3 Å². The van der Waals surface area contributed by atoms with E-state index >= 15 is 0 Å². The van der Waals surface area contributed by atoms with E-state index in [-0.39, 0.29) is 0 Å². The molecule has 25 heavy (non-hydrogen) atoms. The van der Waals surface area contributed by atoms with Gasteiger partial charge in [0.05, 0.1) is 11.4 Å². The Kier molecular flexibility index (Phi) is 6.34. The van der Waals surface area contributed by atoms with Crippen LogP contribution in [0.4, 0.5) is 5.69 Å². The molecular weight excluding hydrogens is 352 g/mol.